The number of benzene rings is 1. The topological polar surface area (TPSA) is 57.6 Å². The molecule has 0 saturated heterocycles. The third kappa shape index (κ3) is 2.86. The van der Waals surface area contributed by atoms with E-state index in [1.807, 2.05) is 53.7 Å². The molecule has 130 valence electrons. The van der Waals surface area contributed by atoms with Gasteiger partial charge >= 0.3 is 0 Å². The van der Waals surface area contributed by atoms with E-state index in [2.05, 4.69) is 29.3 Å². The summed E-state index contributed by atoms with van der Waals surface area (Å²) in [6.45, 7) is 2.11. The second-order valence-electron chi connectivity index (χ2n) is 6.27. The zero-order chi connectivity index (χ0) is 18.1. The van der Waals surface area contributed by atoms with Gasteiger partial charge in [-0.3, -0.25) is 9.48 Å². The monoisotopic (exact) mass is 345 g/mol. The van der Waals surface area contributed by atoms with Crippen LogP contribution in [0.4, 0.5) is 0 Å². The molecule has 0 saturated carbocycles. The fourth-order valence-corrected chi connectivity index (χ4v) is 3.02. The highest BCUT2D eigenvalue weighted by molar-refractivity contribution is 5.70. The van der Waals surface area contributed by atoms with E-state index in [1.54, 1.807) is 28.6 Å². The van der Waals surface area contributed by atoms with Crippen LogP contribution in [0.3, 0.4) is 0 Å². The number of hydrogen-bond donors (Lipinski definition) is 0. The largest absolute Gasteiger partial charge is 0.318 e. The first-order valence-electron chi connectivity index (χ1n) is 8.43. The summed E-state index contributed by atoms with van der Waals surface area (Å²) in [5, 5.41) is 8.82. The number of nitrogens with zero attached hydrogens (tertiary/aromatic N) is 5. The van der Waals surface area contributed by atoms with Crippen LogP contribution >= 0.6 is 0 Å². The standard InChI is InChI=1S/C20H19N5O/c1-15(16-7-4-3-5-8-16)25-13-17(12-22-25)18-14-23(2)20(26)11-19(18)24-10-6-9-21-24/h3-15H,1-2H3. The van der Waals surface area contributed by atoms with Gasteiger partial charge in [-0.15, -0.1) is 0 Å². The summed E-state index contributed by atoms with van der Waals surface area (Å²) in [6.07, 6.45) is 9.18. The van der Waals surface area contributed by atoms with Crippen LogP contribution in [-0.2, 0) is 7.05 Å². The maximum atomic E-state index is 12.1. The minimum Gasteiger partial charge on any atom is -0.318 e. The lowest BCUT2D eigenvalue weighted by Crippen LogP contribution is -2.17. The molecule has 3 heterocycles. The van der Waals surface area contributed by atoms with Gasteiger partial charge in [0.25, 0.3) is 5.56 Å². The van der Waals surface area contributed by atoms with Gasteiger partial charge in [0.1, 0.15) is 0 Å². The molecule has 6 heteroatoms. The quantitative estimate of drug-likeness (QED) is 0.571. The van der Waals surface area contributed by atoms with Gasteiger partial charge in [0.2, 0.25) is 0 Å². The molecule has 1 aromatic carbocycles. The van der Waals surface area contributed by atoms with Gasteiger partial charge in [0.15, 0.2) is 0 Å². The Balaban J connectivity index is 1.79. The molecule has 0 radical (unpaired) electrons. The SMILES string of the molecule is CC(c1ccccc1)n1cc(-c2cn(C)c(=O)cc2-n2cccn2)cn1. The summed E-state index contributed by atoms with van der Waals surface area (Å²) in [6, 6.07) is 13.8. The third-order valence-corrected chi connectivity index (χ3v) is 4.55. The summed E-state index contributed by atoms with van der Waals surface area (Å²) in [5.74, 6) is 0. The minimum absolute atomic E-state index is 0.0794. The van der Waals surface area contributed by atoms with Crippen LogP contribution in [0.25, 0.3) is 16.8 Å². The van der Waals surface area contributed by atoms with Gasteiger partial charge in [-0.25, -0.2) is 4.68 Å². The zero-order valence-electron chi connectivity index (χ0n) is 14.6. The molecule has 0 aliphatic carbocycles. The van der Waals surface area contributed by atoms with Crippen molar-refractivity contribution in [1.29, 1.82) is 0 Å². The molecule has 26 heavy (non-hydrogen) atoms. The molecule has 0 N–H and O–H groups in total. The number of pyridine rings is 1. The van der Waals surface area contributed by atoms with E-state index in [1.165, 1.54) is 5.56 Å². The number of aryl methyl sites for hydroxylation is 1. The van der Waals surface area contributed by atoms with Gasteiger partial charge in [-0.2, -0.15) is 10.2 Å². The molecule has 1 atom stereocenters. The minimum atomic E-state index is -0.0794. The molecule has 0 fully saturated rings. The Labute approximate surface area is 151 Å². The fourth-order valence-electron chi connectivity index (χ4n) is 3.02. The normalized spacial score (nSPS) is 12.2. The Kier molecular flexibility index (Phi) is 4.01. The van der Waals surface area contributed by atoms with Crippen molar-refractivity contribution in [2.45, 2.75) is 13.0 Å². The lowest BCUT2D eigenvalue weighted by molar-refractivity contribution is 0.565. The van der Waals surface area contributed by atoms with Crippen molar-refractivity contribution < 1.29 is 0 Å². The molecule has 0 amide bonds. The van der Waals surface area contributed by atoms with Crippen molar-refractivity contribution in [1.82, 2.24) is 24.1 Å². The van der Waals surface area contributed by atoms with Gasteiger partial charge in [-0.1, -0.05) is 30.3 Å². The average molecular weight is 345 g/mol. The first kappa shape index (κ1) is 16.1. The first-order valence-corrected chi connectivity index (χ1v) is 8.43. The van der Waals surface area contributed by atoms with Crippen LogP contribution in [0, 0.1) is 0 Å². The molecule has 4 aromatic rings. The molecular formula is C20H19N5O. The lowest BCUT2D eigenvalue weighted by Gasteiger charge is -2.12. The van der Waals surface area contributed by atoms with Gasteiger partial charge < -0.3 is 4.57 Å². The highest BCUT2D eigenvalue weighted by Gasteiger charge is 2.14. The molecule has 0 bridgehead atoms. The number of hydrogen-bond acceptors (Lipinski definition) is 3. The van der Waals surface area contributed by atoms with Crippen LogP contribution in [0.5, 0.6) is 0 Å². The molecule has 1 unspecified atom stereocenters. The van der Waals surface area contributed by atoms with E-state index in [-0.39, 0.29) is 11.6 Å². The summed E-state index contributed by atoms with van der Waals surface area (Å²) >= 11 is 0. The average Bonchev–Trinajstić information content (AvgIpc) is 3.35. The Morgan fingerprint density at radius 3 is 2.58 bits per heavy atom. The third-order valence-electron chi connectivity index (χ3n) is 4.55. The van der Waals surface area contributed by atoms with Crippen molar-refractivity contribution in [3.05, 3.63) is 89.4 Å². The van der Waals surface area contributed by atoms with Crippen molar-refractivity contribution in [3.63, 3.8) is 0 Å². The number of aromatic nitrogens is 5. The van der Waals surface area contributed by atoms with Gasteiger partial charge in [0, 0.05) is 49.0 Å². The van der Waals surface area contributed by atoms with Crippen molar-refractivity contribution in [2.24, 2.45) is 7.05 Å². The molecule has 0 aliphatic heterocycles. The van der Waals surface area contributed by atoms with Crippen LogP contribution in [-0.4, -0.2) is 24.1 Å². The van der Waals surface area contributed by atoms with E-state index in [4.69, 9.17) is 0 Å². The van der Waals surface area contributed by atoms with E-state index in [0.717, 1.165) is 16.8 Å². The van der Waals surface area contributed by atoms with Crippen molar-refractivity contribution in [2.75, 3.05) is 0 Å². The highest BCUT2D eigenvalue weighted by Crippen LogP contribution is 2.26. The molecule has 3 aromatic heterocycles. The summed E-state index contributed by atoms with van der Waals surface area (Å²) in [4.78, 5) is 12.1. The maximum Gasteiger partial charge on any atom is 0.252 e. The van der Waals surface area contributed by atoms with Crippen LogP contribution in [0.1, 0.15) is 18.5 Å². The van der Waals surface area contributed by atoms with Crippen LogP contribution < -0.4 is 5.56 Å². The molecule has 0 spiro atoms. The highest BCUT2D eigenvalue weighted by atomic mass is 16.1. The molecular weight excluding hydrogens is 326 g/mol. The summed E-state index contributed by atoms with van der Waals surface area (Å²) in [7, 11) is 1.75. The smallest absolute Gasteiger partial charge is 0.252 e. The summed E-state index contributed by atoms with van der Waals surface area (Å²) in [5.41, 5.74) is 3.69. The predicted molar refractivity (Wildman–Crippen MR) is 100 cm³/mol. The molecule has 4 rings (SSSR count). The Morgan fingerprint density at radius 1 is 1.04 bits per heavy atom. The van der Waals surface area contributed by atoms with E-state index in [0.29, 0.717) is 0 Å². The van der Waals surface area contributed by atoms with Crippen molar-refractivity contribution in [3.8, 4) is 16.8 Å². The second-order valence-corrected chi connectivity index (χ2v) is 6.27. The lowest BCUT2D eigenvalue weighted by atomic mass is 10.1. The molecule has 0 aliphatic rings. The Hall–Kier alpha value is -3.41. The maximum absolute atomic E-state index is 12.1. The van der Waals surface area contributed by atoms with E-state index < -0.39 is 0 Å². The fraction of sp³-hybridized carbons (Fsp3) is 0.150. The molecule has 6 nitrogen and oxygen atoms in total. The van der Waals surface area contributed by atoms with E-state index >= 15 is 0 Å². The number of rotatable bonds is 4. The Morgan fingerprint density at radius 2 is 1.85 bits per heavy atom. The van der Waals surface area contributed by atoms with Crippen molar-refractivity contribution >= 4 is 0 Å². The van der Waals surface area contributed by atoms with E-state index in [9.17, 15) is 4.79 Å². The second kappa shape index (κ2) is 6.48. The predicted octanol–water partition coefficient (Wildman–Crippen LogP) is 3.04. The summed E-state index contributed by atoms with van der Waals surface area (Å²) < 4.78 is 5.21. The Bertz CT molecular complexity index is 1080. The zero-order valence-corrected chi connectivity index (χ0v) is 14.6. The van der Waals surface area contributed by atoms with Gasteiger partial charge in [-0.05, 0) is 18.6 Å². The van der Waals surface area contributed by atoms with Crippen LogP contribution in [0.15, 0.2) is 78.2 Å². The van der Waals surface area contributed by atoms with Crippen LogP contribution in [0.2, 0.25) is 0 Å². The van der Waals surface area contributed by atoms with Gasteiger partial charge in [0.05, 0.1) is 17.9 Å². The first-order chi connectivity index (χ1) is 12.6.